The number of amides is 1. The Hall–Kier alpha value is -1.17. The Morgan fingerprint density at radius 3 is 2.82 bits per heavy atom. The predicted molar refractivity (Wildman–Crippen MR) is 60.2 cm³/mol. The molecule has 6 heteroatoms. The van der Waals surface area contributed by atoms with E-state index in [1.165, 1.54) is 6.07 Å². The molecule has 0 fully saturated rings. The molecule has 1 aliphatic rings. The van der Waals surface area contributed by atoms with Gasteiger partial charge < -0.3 is 5.32 Å². The number of benzene rings is 1. The van der Waals surface area contributed by atoms with Crippen molar-refractivity contribution < 1.29 is 18.0 Å². The van der Waals surface area contributed by atoms with Crippen LogP contribution < -0.4 is 5.32 Å². The molecule has 1 heterocycles. The predicted octanol–water partition coefficient (Wildman–Crippen LogP) is 3.23. The monoisotopic (exact) mass is 261 g/mol. The summed E-state index contributed by atoms with van der Waals surface area (Å²) in [5.74, 6) is -0.901. The van der Waals surface area contributed by atoms with Crippen LogP contribution in [-0.2, 0) is 11.2 Å². The summed E-state index contributed by atoms with van der Waals surface area (Å²) < 4.78 is 36.2. The lowest BCUT2D eigenvalue weighted by Gasteiger charge is -2.16. The van der Waals surface area contributed by atoms with Gasteiger partial charge in [-0.3, -0.25) is 4.79 Å². The van der Waals surface area contributed by atoms with E-state index in [4.69, 9.17) is 0 Å². The molecule has 0 saturated carbocycles. The van der Waals surface area contributed by atoms with Crippen LogP contribution in [-0.4, -0.2) is 17.8 Å². The maximum atomic E-state index is 12.1. The van der Waals surface area contributed by atoms with Gasteiger partial charge in [-0.25, -0.2) is 0 Å². The first-order chi connectivity index (χ1) is 7.97. The average molecular weight is 261 g/mol. The Kier molecular flexibility index (Phi) is 3.33. The second-order valence-corrected chi connectivity index (χ2v) is 4.86. The van der Waals surface area contributed by atoms with Crippen molar-refractivity contribution >= 4 is 23.4 Å². The first-order valence-electron chi connectivity index (χ1n) is 5.11. The van der Waals surface area contributed by atoms with Gasteiger partial charge >= 0.3 is 12.1 Å². The summed E-state index contributed by atoms with van der Waals surface area (Å²) in [6.45, 7) is 0. The number of alkyl halides is 3. The molecular formula is C11H10F3NOS. The first-order valence-corrected chi connectivity index (χ1v) is 6.09. The third-order valence-corrected chi connectivity index (χ3v) is 3.63. The molecule has 1 N–H and O–H groups in total. The molecule has 0 spiro atoms. The molecule has 1 aromatic rings. The van der Waals surface area contributed by atoms with Crippen molar-refractivity contribution in [2.24, 2.45) is 0 Å². The van der Waals surface area contributed by atoms with Crippen LogP contribution in [0.5, 0.6) is 0 Å². The van der Waals surface area contributed by atoms with Crippen LogP contribution in [0.2, 0.25) is 0 Å². The normalized spacial score (nSPS) is 15.2. The molecule has 92 valence electrons. The highest BCUT2D eigenvalue weighted by atomic mass is 32.2. The van der Waals surface area contributed by atoms with Crippen molar-refractivity contribution in [2.45, 2.75) is 23.9 Å². The molecule has 2 rings (SSSR count). The SMILES string of the molecule is O=C(Nc1ccc2c(c1)CCCS2)C(F)(F)F. The van der Waals surface area contributed by atoms with Crippen LogP contribution >= 0.6 is 11.8 Å². The largest absolute Gasteiger partial charge is 0.471 e. The second kappa shape index (κ2) is 4.60. The number of halogens is 3. The Bertz CT molecular complexity index is 445. The molecule has 0 saturated heterocycles. The molecule has 0 bridgehead atoms. The lowest BCUT2D eigenvalue weighted by molar-refractivity contribution is -0.167. The molecule has 1 aromatic carbocycles. The van der Waals surface area contributed by atoms with Gasteiger partial charge in [0.25, 0.3) is 0 Å². The zero-order valence-electron chi connectivity index (χ0n) is 8.80. The van der Waals surface area contributed by atoms with E-state index >= 15 is 0 Å². The highest BCUT2D eigenvalue weighted by molar-refractivity contribution is 7.99. The van der Waals surface area contributed by atoms with E-state index in [1.54, 1.807) is 23.9 Å². The van der Waals surface area contributed by atoms with Gasteiger partial charge in [-0.05, 0) is 42.4 Å². The number of hydrogen-bond donors (Lipinski definition) is 1. The molecule has 1 aliphatic heterocycles. The van der Waals surface area contributed by atoms with Gasteiger partial charge in [0.1, 0.15) is 0 Å². The zero-order chi connectivity index (χ0) is 12.5. The third-order valence-electron chi connectivity index (χ3n) is 2.42. The lowest BCUT2D eigenvalue weighted by Crippen LogP contribution is -2.29. The van der Waals surface area contributed by atoms with Crippen molar-refractivity contribution in [1.29, 1.82) is 0 Å². The average Bonchev–Trinajstić information content (AvgIpc) is 2.27. The number of nitrogens with one attached hydrogen (secondary N) is 1. The quantitative estimate of drug-likeness (QED) is 0.841. The summed E-state index contributed by atoms with van der Waals surface area (Å²) >= 11 is 1.69. The summed E-state index contributed by atoms with van der Waals surface area (Å²) in [4.78, 5) is 11.8. The van der Waals surface area contributed by atoms with Crippen LogP contribution in [0.4, 0.5) is 18.9 Å². The van der Waals surface area contributed by atoms with E-state index in [0.29, 0.717) is 0 Å². The summed E-state index contributed by atoms with van der Waals surface area (Å²) in [6, 6.07) is 4.87. The number of carbonyl (C=O) groups excluding carboxylic acids is 1. The van der Waals surface area contributed by atoms with Gasteiger partial charge in [0.15, 0.2) is 0 Å². The lowest BCUT2D eigenvalue weighted by atomic mass is 10.1. The van der Waals surface area contributed by atoms with E-state index in [0.717, 1.165) is 29.1 Å². The van der Waals surface area contributed by atoms with E-state index in [1.807, 2.05) is 5.32 Å². The summed E-state index contributed by atoms with van der Waals surface area (Å²) in [7, 11) is 0. The molecule has 1 amide bonds. The Morgan fingerprint density at radius 1 is 1.35 bits per heavy atom. The third kappa shape index (κ3) is 2.94. The molecule has 0 atom stereocenters. The van der Waals surface area contributed by atoms with Crippen LogP contribution in [0.25, 0.3) is 0 Å². The maximum Gasteiger partial charge on any atom is 0.471 e. The van der Waals surface area contributed by atoms with Crippen molar-refractivity contribution in [1.82, 2.24) is 0 Å². The number of carbonyl (C=O) groups is 1. The molecule has 0 aromatic heterocycles. The van der Waals surface area contributed by atoms with Gasteiger partial charge in [0, 0.05) is 10.6 Å². The van der Waals surface area contributed by atoms with Crippen molar-refractivity contribution in [3.63, 3.8) is 0 Å². The van der Waals surface area contributed by atoms with Crippen molar-refractivity contribution in [2.75, 3.05) is 11.1 Å². The Labute approximate surface area is 101 Å². The molecule has 0 unspecified atom stereocenters. The van der Waals surface area contributed by atoms with Crippen LogP contribution in [0, 0.1) is 0 Å². The Balaban J connectivity index is 2.15. The minimum atomic E-state index is -4.84. The smallest absolute Gasteiger partial charge is 0.318 e. The topological polar surface area (TPSA) is 29.1 Å². The number of hydrogen-bond acceptors (Lipinski definition) is 2. The highest BCUT2D eigenvalue weighted by Crippen LogP contribution is 2.32. The van der Waals surface area contributed by atoms with Crippen LogP contribution in [0.15, 0.2) is 23.1 Å². The number of anilines is 1. The van der Waals surface area contributed by atoms with E-state index in [-0.39, 0.29) is 5.69 Å². The van der Waals surface area contributed by atoms with Gasteiger partial charge in [0.05, 0.1) is 0 Å². The van der Waals surface area contributed by atoms with E-state index in [9.17, 15) is 18.0 Å². The van der Waals surface area contributed by atoms with Crippen molar-refractivity contribution in [3.05, 3.63) is 23.8 Å². The Morgan fingerprint density at radius 2 is 2.12 bits per heavy atom. The molecule has 17 heavy (non-hydrogen) atoms. The van der Waals surface area contributed by atoms with E-state index in [2.05, 4.69) is 0 Å². The number of aryl methyl sites for hydroxylation is 1. The van der Waals surface area contributed by atoms with E-state index < -0.39 is 12.1 Å². The van der Waals surface area contributed by atoms with Crippen LogP contribution in [0.1, 0.15) is 12.0 Å². The van der Waals surface area contributed by atoms with Gasteiger partial charge in [-0.1, -0.05) is 0 Å². The second-order valence-electron chi connectivity index (χ2n) is 3.73. The minimum Gasteiger partial charge on any atom is -0.318 e. The highest BCUT2D eigenvalue weighted by Gasteiger charge is 2.38. The standard InChI is InChI=1S/C11H10F3NOS/c12-11(13,14)10(16)15-8-3-4-9-7(6-8)2-1-5-17-9/h3-4,6H,1-2,5H2,(H,15,16). The molecule has 0 radical (unpaired) electrons. The van der Waals surface area contributed by atoms with Crippen molar-refractivity contribution in [3.8, 4) is 0 Å². The molecule has 0 aliphatic carbocycles. The fraction of sp³-hybridized carbons (Fsp3) is 0.364. The summed E-state index contributed by atoms with van der Waals surface area (Å²) in [5, 5.41) is 1.86. The first kappa shape index (κ1) is 12.3. The molecule has 2 nitrogen and oxygen atoms in total. The van der Waals surface area contributed by atoms with Crippen LogP contribution in [0.3, 0.4) is 0 Å². The minimum absolute atomic E-state index is 0.202. The summed E-state index contributed by atoms with van der Waals surface area (Å²) in [6.07, 6.45) is -2.99. The summed E-state index contributed by atoms with van der Waals surface area (Å²) in [5.41, 5.74) is 1.20. The number of fused-ring (bicyclic) bond motifs is 1. The van der Waals surface area contributed by atoms with Gasteiger partial charge in [-0.15, -0.1) is 11.8 Å². The zero-order valence-corrected chi connectivity index (χ0v) is 9.62. The maximum absolute atomic E-state index is 12.1. The molecular weight excluding hydrogens is 251 g/mol. The van der Waals surface area contributed by atoms with Gasteiger partial charge in [0.2, 0.25) is 0 Å². The number of rotatable bonds is 1. The number of thioether (sulfide) groups is 1. The fourth-order valence-electron chi connectivity index (χ4n) is 1.64. The van der Waals surface area contributed by atoms with Gasteiger partial charge in [-0.2, -0.15) is 13.2 Å². The fourth-order valence-corrected chi connectivity index (χ4v) is 2.66.